The molecule has 0 aliphatic rings. The maximum atomic E-state index is 13.9. The summed E-state index contributed by atoms with van der Waals surface area (Å²) in [5.74, 6) is 0.321. The Hall–Kier alpha value is -4.28. The molecule has 0 bridgehead atoms. The van der Waals surface area contributed by atoms with Crippen molar-refractivity contribution in [2.45, 2.75) is 6.92 Å². The molecule has 0 atom stereocenters. The van der Waals surface area contributed by atoms with Gasteiger partial charge in [-0.15, -0.1) is 0 Å². The molecule has 4 aromatic rings. The van der Waals surface area contributed by atoms with Crippen molar-refractivity contribution in [3.05, 3.63) is 64.2 Å². The molecule has 0 spiro atoms. The molecule has 2 aromatic carbocycles. The van der Waals surface area contributed by atoms with E-state index in [1.54, 1.807) is 17.9 Å². The van der Waals surface area contributed by atoms with Crippen molar-refractivity contribution in [3.63, 3.8) is 0 Å². The normalized spacial score (nSPS) is 10.8. The standard InChI is InChI=1S/C20H17FN6O4/c1-11-13-5-4-12(30-2)8-16(13)26(25-11)19-6-7-22-20(24-19)23-15-10-17(27(28)29)14(21)9-18(15)31-3/h4-10H,1-3H3,(H,22,23,24). The van der Waals surface area contributed by atoms with Gasteiger partial charge in [-0.05, 0) is 19.1 Å². The smallest absolute Gasteiger partial charge is 0.307 e. The number of nitro groups is 1. The van der Waals surface area contributed by atoms with Gasteiger partial charge in [-0.2, -0.15) is 14.5 Å². The number of halogens is 1. The van der Waals surface area contributed by atoms with E-state index in [1.165, 1.54) is 13.3 Å². The molecule has 0 aliphatic heterocycles. The van der Waals surface area contributed by atoms with Gasteiger partial charge in [0.1, 0.15) is 11.5 Å². The van der Waals surface area contributed by atoms with Gasteiger partial charge >= 0.3 is 5.69 Å². The summed E-state index contributed by atoms with van der Waals surface area (Å²) in [7, 11) is 2.91. The third kappa shape index (κ3) is 3.68. The van der Waals surface area contributed by atoms with Crippen molar-refractivity contribution < 1.29 is 18.8 Å². The number of benzene rings is 2. The van der Waals surface area contributed by atoms with Crippen molar-refractivity contribution in [1.82, 2.24) is 19.7 Å². The summed E-state index contributed by atoms with van der Waals surface area (Å²) in [4.78, 5) is 18.9. The van der Waals surface area contributed by atoms with E-state index < -0.39 is 16.4 Å². The average molecular weight is 424 g/mol. The molecule has 0 amide bonds. The van der Waals surface area contributed by atoms with Gasteiger partial charge < -0.3 is 14.8 Å². The van der Waals surface area contributed by atoms with Crippen molar-refractivity contribution in [1.29, 1.82) is 0 Å². The molecule has 0 aliphatic carbocycles. The van der Waals surface area contributed by atoms with Gasteiger partial charge in [0.25, 0.3) is 0 Å². The number of fused-ring (bicyclic) bond motifs is 1. The monoisotopic (exact) mass is 424 g/mol. The lowest BCUT2D eigenvalue weighted by atomic mass is 10.2. The van der Waals surface area contributed by atoms with Crippen LogP contribution in [0.2, 0.25) is 0 Å². The van der Waals surface area contributed by atoms with Gasteiger partial charge in [0.2, 0.25) is 11.8 Å². The minimum absolute atomic E-state index is 0.0715. The highest BCUT2D eigenvalue weighted by molar-refractivity contribution is 5.84. The van der Waals surface area contributed by atoms with Crippen LogP contribution in [0.4, 0.5) is 21.7 Å². The number of aryl methyl sites for hydroxylation is 1. The van der Waals surface area contributed by atoms with Crippen LogP contribution in [0.5, 0.6) is 11.5 Å². The fourth-order valence-electron chi connectivity index (χ4n) is 3.15. The number of anilines is 2. The van der Waals surface area contributed by atoms with Crippen molar-refractivity contribution in [2.24, 2.45) is 0 Å². The lowest BCUT2D eigenvalue weighted by molar-refractivity contribution is -0.387. The molecule has 0 saturated heterocycles. The number of rotatable bonds is 6. The van der Waals surface area contributed by atoms with Crippen molar-refractivity contribution in [3.8, 4) is 17.3 Å². The van der Waals surface area contributed by atoms with Crippen molar-refractivity contribution in [2.75, 3.05) is 19.5 Å². The van der Waals surface area contributed by atoms with Gasteiger partial charge in [-0.3, -0.25) is 10.1 Å². The van der Waals surface area contributed by atoms with E-state index in [1.807, 2.05) is 25.1 Å². The summed E-state index contributed by atoms with van der Waals surface area (Å²) < 4.78 is 26.0. The second kappa shape index (κ2) is 7.86. The first-order chi connectivity index (χ1) is 14.9. The molecule has 0 saturated carbocycles. The number of hydrogen-bond acceptors (Lipinski definition) is 8. The first-order valence-corrected chi connectivity index (χ1v) is 9.07. The van der Waals surface area contributed by atoms with Crippen LogP contribution in [-0.4, -0.2) is 38.9 Å². The van der Waals surface area contributed by atoms with Gasteiger partial charge in [-0.1, -0.05) is 0 Å². The quantitative estimate of drug-likeness (QED) is 0.365. The topological polar surface area (TPSA) is 117 Å². The van der Waals surface area contributed by atoms with Crippen LogP contribution in [-0.2, 0) is 0 Å². The number of aromatic nitrogens is 4. The fourth-order valence-corrected chi connectivity index (χ4v) is 3.15. The Bertz CT molecular complexity index is 1310. The number of nitro benzene ring substituents is 1. The Morgan fingerprint density at radius 2 is 1.97 bits per heavy atom. The first-order valence-electron chi connectivity index (χ1n) is 9.07. The Morgan fingerprint density at radius 3 is 2.68 bits per heavy atom. The Morgan fingerprint density at radius 1 is 1.16 bits per heavy atom. The van der Waals surface area contributed by atoms with E-state index in [-0.39, 0.29) is 17.4 Å². The van der Waals surface area contributed by atoms with Gasteiger partial charge in [0, 0.05) is 35.8 Å². The number of hydrogen-bond donors (Lipinski definition) is 1. The van der Waals surface area contributed by atoms with Gasteiger partial charge in [0.15, 0.2) is 5.82 Å². The maximum Gasteiger partial charge on any atom is 0.307 e. The predicted molar refractivity (Wildman–Crippen MR) is 111 cm³/mol. The molecule has 2 aromatic heterocycles. The van der Waals surface area contributed by atoms with E-state index >= 15 is 0 Å². The summed E-state index contributed by atoms with van der Waals surface area (Å²) in [6, 6.07) is 9.24. The molecular weight excluding hydrogens is 407 g/mol. The largest absolute Gasteiger partial charge is 0.497 e. The van der Waals surface area contributed by atoms with E-state index in [4.69, 9.17) is 9.47 Å². The first kappa shape index (κ1) is 20.0. The molecular formula is C20H17FN6O4. The lowest BCUT2D eigenvalue weighted by Gasteiger charge is -2.11. The number of ether oxygens (including phenoxy) is 2. The second-order valence-electron chi connectivity index (χ2n) is 6.50. The summed E-state index contributed by atoms with van der Waals surface area (Å²) in [5.41, 5.74) is 1.05. The van der Waals surface area contributed by atoms with E-state index in [9.17, 15) is 14.5 Å². The molecule has 4 rings (SSSR count). The Kier molecular flexibility index (Phi) is 5.07. The van der Waals surface area contributed by atoms with E-state index in [0.717, 1.165) is 28.7 Å². The number of methoxy groups -OCH3 is 2. The SMILES string of the molecule is COc1ccc2c(C)nn(-c3ccnc(Nc4cc([N+](=O)[O-])c(F)cc4OC)n3)c2c1. The molecule has 11 heteroatoms. The van der Waals surface area contributed by atoms with Crippen LogP contribution in [0, 0.1) is 22.9 Å². The van der Waals surface area contributed by atoms with Crippen LogP contribution >= 0.6 is 0 Å². The zero-order valence-corrected chi connectivity index (χ0v) is 16.8. The van der Waals surface area contributed by atoms with Crippen LogP contribution in [0.15, 0.2) is 42.6 Å². The van der Waals surface area contributed by atoms with Crippen LogP contribution < -0.4 is 14.8 Å². The molecule has 158 valence electrons. The van der Waals surface area contributed by atoms with Gasteiger partial charge in [0.05, 0.1) is 36.0 Å². The molecule has 31 heavy (non-hydrogen) atoms. The summed E-state index contributed by atoms with van der Waals surface area (Å²) in [6.45, 7) is 1.88. The highest BCUT2D eigenvalue weighted by Gasteiger charge is 2.20. The molecule has 0 radical (unpaired) electrons. The van der Waals surface area contributed by atoms with Crippen LogP contribution in [0.3, 0.4) is 0 Å². The predicted octanol–water partition coefficient (Wildman–Crippen LogP) is 3.93. The summed E-state index contributed by atoms with van der Waals surface area (Å²) >= 11 is 0. The highest BCUT2D eigenvalue weighted by atomic mass is 19.1. The number of nitrogens with zero attached hydrogens (tertiary/aromatic N) is 5. The lowest BCUT2D eigenvalue weighted by Crippen LogP contribution is -2.05. The molecule has 0 fully saturated rings. The Balaban J connectivity index is 1.76. The molecule has 10 nitrogen and oxygen atoms in total. The third-order valence-corrected chi connectivity index (χ3v) is 4.64. The zero-order valence-electron chi connectivity index (χ0n) is 16.8. The highest BCUT2D eigenvalue weighted by Crippen LogP contribution is 2.33. The fraction of sp³-hybridized carbons (Fsp3) is 0.150. The van der Waals surface area contributed by atoms with Crippen LogP contribution in [0.25, 0.3) is 16.7 Å². The van der Waals surface area contributed by atoms with E-state index in [2.05, 4.69) is 20.4 Å². The molecule has 1 N–H and O–H groups in total. The van der Waals surface area contributed by atoms with E-state index in [0.29, 0.717) is 11.6 Å². The van der Waals surface area contributed by atoms with Crippen LogP contribution in [0.1, 0.15) is 5.69 Å². The summed E-state index contributed by atoms with van der Waals surface area (Å²) in [5, 5.41) is 19.4. The number of nitrogens with one attached hydrogen (secondary N) is 1. The zero-order chi connectivity index (χ0) is 22.1. The minimum Gasteiger partial charge on any atom is -0.497 e. The second-order valence-corrected chi connectivity index (χ2v) is 6.50. The molecule has 2 heterocycles. The average Bonchev–Trinajstić information content (AvgIpc) is 3.10. The third-order valence-electron chi connectivity index (χ3n) is 4.64. The van der Waals surface area contributed by atoms with Crippen molar-refractivity contribution >= 4 is 28.2 Å². The minimum atomic E-state index is -1.01. The summed E-state index contributed by atoms with van der Waals surface area (Å²) in [6.07, 6.45) is 1.51. The Labute approximate surface area is 175 Å². The maximum absolute atomic E-state index is 13.9. The van der Waals surface area contributed by atoms with Gasteiger partial charge in [-0.25, -0.2) is 9.67 Å². The molecule has 0 unspecified atom stereocenters.